The van der Waals surface area contributed by atoms with Crippen molar-refractivity contribution in [2.45, 2.75) is 84.1 Å². The predicted octanol–water partition coefficient (Wildman–Crippen LogP) is 6.55. The molecule has 2 aromatic carbocycles. The standard InChI is InChI=1S/C25H36N4/c1-2-3-4-5-6-7-8-9-10-12-17-21-18-23-25(28-29-27-23)24(22(21)19-26)20-15-13-11-14-16-20/h11,13-16,18H,2-10,12,17,19,26H2,1H3,(H,27,28,29). The van der Waals surface area contributed by atoms with Crippen LogP contribution in [0, 0.1) is 0 Å². The quantitative estimate of drug-likeness (QED) is 0.324. The average Bonchev–Trinajstić information content (AvgIpc) is 3.22. The van der Waals surface area contributed by atoms with E-state index in [2.05, 4.69) is 52.7 Å². The summed E-state index contributed by atoms with van der Waals surface area (Å²) in [5.74, 6) is 0. The number of hydrogen-bond donors (Lipinski definition) is 2. The molecule has 0 atom stereocenters. The minimum Gasteiger partial charge on any atom is -0.326 e. The van der Waals surface area contributed by atoms with Crippen molar-refractivity contribution in [3.8, 4) is 11.1 Å². The van der Waals surface area contributed by atoms with Crippen LogP contribution in [0.1, 0.15) is 82.3 Å². The average molecular weight is 393 g/mol. The molecule has 0 aliphatic heterocycles. The molecule has 1 heterocycles. The van der Waals surface area contributed by atoms with Crippen molar-refractivity contribution in [1.82, 2.24) is 15.4 Å². The van der Waals surface area contributed by atoms with Gasteiger partial charge in [-0.1, -0.05) is 100 Å². The van der Waals surface area contributed by atoms with Gasteiger partial charge < -0.3 is 5.73 Å². The molecule has 0 aliphatic carbocycles. The highest BCUT2D eigenvalue weighted by Gasteiger charge is 2.16. The van der Waals surface area contributed by atoms with E-state index in [0.29, 0.717) is 6.54 Å². The number of aryl methyl sites for hydroxylation is 1. The van der Waals surface area contributed by atoms with Crippen LogP contribution in [0.3, 0.4) is 0 Å². The lowest BCUT2D eigenvalue weighted by Gasteiger charge is -2.15. The fourth-order valence-electron chi connectivity index (χ4n) is 4.26. The highest BCUT2D eigenvalue weighted by atomic mass is 15.3. The Balaban J connectivity index is 1.59. The van der Waals surface area contributed by atoms with Crippen LogP contribution >= 0.6 is 0 Å². The fraction of sp³-hybridized carbons (Fsp3) is 0.520. The zero-order valence-electron chi connectivity index (χ0n) is 17.9. The number of rotatable bonds is 13. The number of aromatic nitrogens is 3. The van der Waals surface area contributed by atoms with Crippen molar-refractivity contribution in [2.75, 3.05) is 0 Å². The van der Waals surface area contributed by atoms with Crippen LogP contribution in [0.15, 0.2) is 36.4 Å². The molecule has 156 valence electrons. The molecule has 0 saturated heterocycles. The Hall–Kier alpha value is -2.20. The molecule has 0 saturated carbocycles. The zero-order valence-corrected chi connectivity index (χ0v) is 17.9. The van der Waals surface area contributed by atoms with Crippen LogP contribution in [0.4, 0.5) is 0 Å². The van der Waals surface area contributed by atoms with Crippen LogP contribution in [-0.4, -0.2) is 15.4 Å². The minimum atomic E-state index is 0.528. The number of unbranched alkanes of at least 4 members (excludes halogenated alkanes) is 9. The summed E-state index contributed by atoms with van der Waals surface area (Å²) >= 11 is 0. The topological polar surface area (TPSA) is 67.6 Å². The van der Waals surface area contributed by atoms with E-state index in [4.69, 9.17) is 5.73 Å². The number of H-pyrrole nitrogens is 1. The van der Waals surface area contributed by atoms with E-state index in [0.717, 1.165) is 28.6 Å². The molecule has 3 rings (SSSR count). The van der Waals surface area contributed by atoms with Gasteiger partial charge >= 0.3 is 0 Å². The summed E-state index contributed by atoms with van der Waals surface area (Å²) in [6, 6.07) is 12.6. The molecule has 0 bridgehead atoms. The smallest absolute Gasteiger partial charge is 0.121 e. The van der Waals surface area contributed by atoms with E-state index in [9.17, 15) is 0 Å². The highest BCUT2D eigenvalue weighted by molar-refractivity contribution is 5.94. The van der Waals surface area contributed by atoms with E-state index < -0.39 is 0 Å². The Bertz CT molecular complexity index is 854. The molecule has 0 amide bonds. The first-order chi connectivity index (χ1) is 14.3. The lowest BCUT2D eigenvalue weighted by molar-refractivity contribution is 0.556. The summed E-state index contributed by atoms with van der Waals surface area (Å²) in [4.78, 5) is 0. The lowest BCUT2D eigenvalue weighted by atomic mass is 9.91. The van der Waals surface area contributed by atoms with Gasteiger partial charge in [0.15, 0.2) is 0 Å². The van der Waals surface area contributed by atoms with E-state index in [-0.39, 0.29) is 0 Å². The Kier molecular flexibility index (Phi) is 8.69. The molecule has 29 heavy (non-hydrogen) atoms. The third kappa shape index (κ3) is 5.89. The minimum absolute atomic E-state index is 0.528. The maximum absolute atomic E-state index is 6.21. The van der Waals surface area contributed by atoms with E-state index in [1.54, 1.807) is 0 Å². The fourth-order valence-corrected chi connectivity index (χ4v) is 4.26. The van der Waals surface area contributed by atoms with E-state index in [1.165, 1.54) is 75.3 Å². The molecule has 1 aromatic heterocycles. The molecular weight excluding hydrogens is 356 g/mol. The number of benzene rings is 2. The second kappa shape index (κ2) is 11.7. The second-order valence-corrected chi connectivity index (χ2v) is 8.10. The van der Waals surface area contributed by atoms with Crippen LogP contribution in [0.25, 0.3) is 22.2 Å². The molecule has 0 aliphatic rings. The van der Waals surface area contributed by atoms with Crippen molar-refractivity contribution in [3.05, 3.63) is 47.5 Å². The Morgan fingerprint density at radius 3 is 2.17 bits per heavy atom. The molecule has 3 aromatic rings. The Morgan fingerprint density at radius 2 is 1.52 bits per heavy atom. The maximum atomic E-state index is 6.21. The third-order valence-corrected chi connectivity index (χ3v) is 5.89. The van der Waals surface area contributed by atoms with Crippen LogP contribution in [-0.2, 0) is 13.0 Å². The maximum Gasteiger partial charge on any atom is 0.121 e. The van der Waals surface area contributed by atoms with E-state index in [1.807, 2.05) is 6.07 Å². The molecular formula is C25H36N4. The van der Waals surface area contributed by atoms with Gasteiger partial charge in [0, 0.05) is 12.1 Å². The molecule has 0 radical (unpaired) electrons. The third-order valence-electron chi connectivity index (χ3n) is 5.89. The first kappa shape index (κ1) is 21.5. The van der Waals surface area contributed by atoms with Crippen LogP contribution < -0.4 is 5.73 Å². The van der Waals surface area contributed by atoms with Crippen LogP contribution in [0.2, 0.25) is 0 Å². The van der Waals surface area contributed by atoms with Gasteiger partial charge in [-0.15, -0.1) is 5.10 Å². The summed E-state index contributed by atoms with van der Waals surface area (Å²) in [6.45, 7) is 2.81. The van der Waals surface area contributed by atoms with Gasteiger partial charge in [0.1, 0.15) is 5.52 Å². The Morgan fingerprint density at radius 1 is 0.862 bits per heavy atom. The summed E-state index contributed by atoms with van der Waals surface area (Å²) in [5.41, 5.74) is 13.0. The normalized spacial score (nSPS) is 11.4. The molecule has 0 spiro atoms. The van der Waals surface area contributed by atoms with Crippen molar-refractivity contribution in [2.24, 2.45) is 5.73 Å². The lowest BCUT2D eigenvalue weighted by Crippen LogP contribution is -2.05. The molecule has 0 fully saturated rings. The van der Waals surface area contributed by atoms with Crippen molar-refractivity contribution in [1.29, 1.82) is 0 Å². The summed E-state index contributed by atoms with van der Waals surface area (Å²) in [5, 5.41) is 11.4. The van der Waals surface area contributed by atoms with Gasteiger partial charge in [0.2, 0.25) is 0 Å². The Labute approximate surface area is 175 Å². The summed E-state index contributed by atoms with van der Waals surface area (Å²) < 4.78 is 0. The van der Waals surface area contributed by atoms with Crippen molar-refractivity contribution in [3.63, 3.8) is 0 Å². The first-order valence-corrected chi connectivity index (χ1v) is 11.5. The van der Waals surface area contributed by atoms with Gasteiger partial charge in [0.05, 0.1) is 5.52 Å². The predicted molar refractivity (Wildman–Crippen MR) is 123 cm³/mol. The number of nitrogens with zero attached hydrogens (tertiary/aromatic N) is 2. The van der Waals surface area contributed by atoms with E-state index >= 15 is 0 Å². The molecule has 3 N–H and O–H groups in total. The summed E-state index contributed by atoms with van der Waals surface area (Å²) in [6.07, 6.45) is 14.6. The van der Waals surface area contributed by atoms with Crippen LogP contribution in [0.5, 0.6) is 0 Å². The number of aromatic amines is 1. The monoisotopic (exact) mass is 392 g/mol. The number of nitrogens with one attached hydrogen (secondary N) is 1. The number of hydrogen-bond acceptors (Lipinski definition) is 3. The second-order valence-electron chi connectivity index (χ2n) is 8.10. The first-order valence-electron chi connectivity index (χ1n) is 11.5. The molecule has 4 nitrogen and oxygen atoms in total. The van der Waals surface area contributed by atoms with Gasteiger partial charge in [0.25, 0.3) is 0 Å². The van der Waals surface area contributed by atoms with Gasteiger partial charge in [-0.25, -0.2) is 0 Å². The summed E-state index contributed by atoms with van der Waals surface area (Å²) in [7, 11) is 0. The van der Waals surface area contributed by atoms with Gasteiger partial charge in [-0.05, 0) is 35.6 Å². The molecule has 0 unspecified atom stereocenters. The zero-order chi connectivity index (χ0) is 20.3. The van der Waals surface area contributed by atoms with Crippen molar-refractivity contribution < 1.29 is 0 Å². The highest BCUT2D eigenvalue weighted by Crippen LogP contribution is 2.33. The number of fused-ring (bicyclic) bond motifs is 1. The number of nitrogens with two attached hydrogens (primary N) is 1. The van der Waals surface area contributed by atoms with Crippen molar-refractivity contribution >= 4 is 11.0 Å². The van der Waals surface area contributed by atoms with Gasteiger partial charge in [-0.3, -0.25) is 5.10 Å². The molecule has 4 heteroatoms. The van der Waals surface area contributed by atoms with Gasteiger partial charge in [-0.2, -0.15) is 0 Å². The SMILES string of the molecule is CCCCCCCCCCCCc1cc2[nH]nnc2c(-c2ccccc2)c1CN. The largest absolute Gasteiger partial charge is 0.326 e.